The van der Waals surface area contributed by atoms with Gasteiger partial charge in [0.15, 0.2) is 0 Å². The quantitative estimate of drug-likeness (QED) is 0.598. The van der Waals surface area contributed by atoms with E-state index in [0.717, 1.165) is 5.56 Å². The molecule has 0 heterocycles. The van der Waals surface area contributed by atoms with E-state index in [1.807, 2.05) is 12.1 Å². The summed E-state index contributed by atoms with van der Waals surface area (Å²) in [6.45, 7) is 3.83. The zero-order valence-corrected chi connectivity index (χ0v) is 11.4. The van der Waals surface area contributed by atoms with Crippen LogP contribution in [0.4, 0.5) is 5.69 Å². The number of rotatable bonds is 4. The number of carbonyl (C=O) groups is 1. The topological polar surface area (TPSA) is 67.1 Å². The molecule has 1 amide bonds. The maximum atomic E-state index is 12.0. The van der Waals surface area contributed by atoms with E-state index < -0.39 is 0 Å². The first-order valence-corrected chi connectivity index (χ1v) is 6.32. The van der Waals surface area contributed by atoms with Gasteiger partial charge in [-0.3, -0.25) is 15.6 Å². The van der Waals surface area contributed by atoms with Gasteiger partial charge in [0.1, 0.15) is 0 Å². The lowest BCUT2D eigenvalue weighted by Gasteiger charge is -2.13. The Labute approximate surface area is 122 Å². The molecule has 0 atom stereocenters. The van der Waals surface area contributed by atoms with Crippen molar-refractivity contribution in [3.8, 4) is 0 Å². The highest BCUT2D eigenvalue weighted by atomic mass is 35.5. The fraction of sp³-hybridized carbons (Fsp3) is 0. The third-order valence-corrected chi connectivity index (χ3v) is 3.06. The summed E-state index contributed by atoms with van der Waals surface area (Å²) < 4.78 is 0. The number of halogens is 1. The lowest BCUT2D eigenvalue weighted by Crippen LogP contribution is -2.36. The van der Waals surface area contributed by atoms with E-state index in [2.05, 4.69) is 17.4 Å². The number of nitrogen functional groups attached to an aromatic ring is 1. The molecule has 0 aliphatic carbocycles. The average molecular weight is 288 g/mol. The van der Waals surface area contributed by atoms with Gasteiger partial charge in [-0.1, -0.05) is 48.5 Å². The number of hydrogen-bond acceptors (Lipinski definition) is 3. The van der Waals surface area contributed by atoms with Gasteiger partial charge in [-0.05, 0) is 18.2 Å². The van der Waals surface area contributed by atoms with Crippen LogP contribution in [0.1, 0.15) is 15.9 Å². The minimum absolute atomic E-state index is 0.337. The molecule has 2 rings (SSSR count). The standard InChI is InChI=1S/C15H14ClN3O/c1-10(11-6-2-4-8-13(11)16)18-19-15(20)12-7-3-5-9-14(12)17/h2-9,18H,1,17H2,(H,19,20). The molecule has 0 saturated heterocycles. The molecule has 0 aliphatic rings. The summed E-state index contributed by atoms with van der Waals surface area (Å²) in [4.78, 5) is 12.0. The number of hydrazine groups is 1. The smallest absolute Gasteiger partial charge is 0.271 e. The molecule has 4 N–H and O–H groups in total. The normalized spacial score (nSPS) is 9.85. The summed E-state index contributed by atoms with van der Waals surface area (Å²) in [5, 5.41) is 0.554. The van der Waals surface area contributed by atoms with Crippen LogP contribution in [-0.4, -0.2) is 5.91 Å². The Morgan fingerprint density at radius 3 is 2.25 bits per heavy atom. The summed E-state index contributed by atoms with van der Waals surface area (Å²) in [6.07, 6.45) is 0. The van der Waals surface area contributed by atoms with Crippen LogP contribution in [0, 0.1) is 0 Å². The van der Waals surface area contributed by atoms with Crippen molar-refractivity contribution >= 4 is 28.9 Å². The summed E-state index contributed by atoms with van der Waals surface area (Å²) in [7, 11) is 0. The van der Waals surface area contributed by atoms with Crippen LogP contribution in [0.3, 0.4) is 0 Å². The molecule has 20 heavy (non-hydrogen) atoms. The minimum atomic E-state index is -0.337. The number of amides is 1. The summed E-state index contributed by atoms with van der Waals surface area (Å²) in [5.41, 5.74) is 13.0. The number of anilines is 1. The van der Waals surface area contributed by atoms with Crippen molar-refractivity contribution in [1.82, 2.24) is 10.9 Å². The number of nitrogens with two attached hydrogens (primary N) is 1. The second kappa shape index (κ2) is 6.12. The Morgan fingerprint density at radius 1 is 1.00 bits per heavy atom. The first-order chi connectivity index (χ1) is 9.59. The zero-order valence-electron chi connectivity index (χ0n) is 10.7. The molecule has 5 heteroatoms. The van der Waals surface area contributed by atoms with Gasteiger partial charge in [-0.2, -0.15) is 0 Å². The Kier molecular flexibility index (Phi) is 4.27. The van der Waals surface area contributed by atoms with E-state index in [1.54, 1.807) is 36.4 Å². The second-order valence-corrected chi connectivity index (χ2v) is 4.53. The van der Waals surface area contributed by atoms with E-state index in [0.29, 0.717) is 22.0 Å². The van der Waals surface area contributed by atoms with E-state index in [4.69, 9.17) is 17.3 Å². The largest absolute Gasteiger partial charge is 0.398 e. The molecular weight excluding hydrogens is 274 g/mol. The Morgan fingerprint density at radius 2 is 1.60 bits per heavy atom. The molecule has 2 aromatic rings. The maximum absolute atomic E-state index is 12.0. The highest BCUT2D eigenvalue weighted by Gasteiger charge is 2.09. The third-order valence-electron chi connectivity index (χ3n) is 2.73. The van der Waals surface area contributed by atoms with Crippen molar-refractivity contribution in [3.63, 3.8) is 0 Å². The van der Waals surface area contributed by atoms with Gasteiger partial charge in [-0.25, -0.2) is 0 Å². The Hall–Kier alpha value is -2.46. The number of para-hydroxylation sites is 1. The molecule has 0 spiro atoms. The van der Waals surface area contributed by atoms with Crippen LogP contribution in [0.15, 0.2) is 55.1 Å². The molecule has 0 radical (unpaired) electrons. The first-order valence-electron chi connectivity index (χ1n) is 5.94. The fourth-order valence-corrected chi connectivity index (χ4v) is 1.93. The van der Waals surface area contributed by atoms with Crippen molar-refractivity contribution in [3.05, 3.63) is 71.3 Å². The molecular formula is C15H14ClN3O. The lowest BCUT2D eigenvalue weighted by molar-refractivity contribution is 0.0943. The van der Waals surface area contributed by atoms with Crippen LogP contribution in [0.25, 0.3) is 5.70 Å². The maximum Gasteiger partial charge on any atom is 0.271 e. The average Bonchev–Trinajstić information content (AvgIpc) is 2.45. The highest BCUT2D eigenvalue weighted by molar-refractivity contribution is 6.32. The molecule has 2 aromatic carbocycles. The van der Waals surface area contributed by atoms with Crippen LogP contribution in [0.2, 0.25) is 5.02 Å². The van der Waals surface area contributed by atoms with Gasteiger partial charge in [0.25, 0.3) is 5.91 Å². The van der Waals surface area contributed by atoms with Crippen LogP contribution >= 0.6 is 11.6 Å². The predicted molar refractivity (Wildman–Crippen MR) is 81.9 cm³/mol. The van der Waals surface area contributed by atoms with Crippen molar-refractivity contribution < 1.29 is 4.79 Å². The van der Waals surface area contributed by atoms with Gasteiger partial charge in [-0.15, -0.1) is 0 Å². The van der Waals surface area contributed by atoms with E-state index in [-0.39, 0.29) is 5.91 Å². The SMILES string of the molecule is C=C(NNC(=O)c1ccccc1N)c1ccccc1Cl. The Bertz CT molecular complexity index is 598. The molecule has 0 aliphatic heterocycles. The molecule has 0 bridgehead atoms. The molecule has 0 unspecified atom stereocenters. The first kappa shape index (κ1) is 14.0. The van der Waals surface area contributed by atoms with Crippen molar-refractivity contribution in [1.29, 1.82) is 0 Å². The molecule has 4 nitrogen and oxygen atoms in total. The van der Waals surface area contributed by atoms with Gasteiger partial charge in [0.2, 0.25) is 0 Å². The monoisotopic (exact) mass is 287 g/mol. The molecule has 0 aromatic heterocycles. The highest BCUT2D eigenvalue weighted by Crippen LogP contribution is 2.20. The van der Waals surface area contributed by atoms with Gasteiger partial charge in [0, 0.05) is 16.3 Å². The number of carbonyl (C=O) groups excluding carboxylic acids is 1. The lowest BCUT2D eigenvalue weighted by atomic mass is 10.1. The summed E-state index contributed by atoms with van der Waals surface area (Å²) in [5.74, 6) is -0.337. The van der Waals surface area contributed by atoms with E-state index in [1.165, 1.54) is 0 Å². The van der Waals surface area contributed by atoms with Gasteiger partial charge in [0.05, 0.1) is 11.3 Å². The minimum Gasteiger partial charge on any atom is -0.398 e. The number of benzene rings is 2. The van der Waals surface area contributed by atoms with Gasteiger partial charge >= 0.3 is 0 Å². The number of nitrogens with one attached hydrogen (secondary N) is 2. The molecule has 0 saturated carbocycles. The summed E-state index contributed by atoms with van der Waals surface area (Å²) in [6, 6.07) is 14.0. The van der Waals surface area contributed by atoms with Crippen molar-refractivity contribution in [2.45, 2.75) is 0 Å². The second-order valence-electron chi connectivity index (χ2n) is 4.12. The van der Waals surface area contributed by atoms with Gasteiger partial charge < -0.3 is 5.73 Å². The van der Waals surface area contributed by atoms with Crippen LogP contribution < -0.4 is 16.6 Å². The predicted octanol–water partition coefficient (Wildman–Crippen LogP) is 2.83. The van der Waals surface area contributed by atoms with E-state index >= 15 is 0 Å². The summed E-state index contributed by atoms with van der Waals surface area (Å²) >= 11 is 6.04. The van der Waals surface area contributed by atoms with Crippen LogP contribution in [-0.2, 0) is 0 Å². The number of hydrogen-bond donors (Lipinski definition) is 3. The van der Waals surface area contributed by atoms with Crippen molar-refractivity contribution in [2.75, 3.05) is 5.73 Å². The zero-order chi connectivity index (χ0) is 14.5. The molecule has 102 valence electrons. The Balaban J connectivity index is 2.03. The van der Waals surface area contributed by atoms with E-state index in [9.17, 15) is 4.79 Å². The van der Waals surface area contributed by atoms with Crippen LogP contribution in [0.5, 0.6) is 0 Å². The van der Waals surface area contributed by atoms with Crippen molar-refractivity contribution in [2.24, 2.45) is 0 Å². The third kappa shape index (κ3) is 3.10. The fourth-order valence-electron chi connectivity index (χ4n) is 1.68. The molecule has 0 fully saturated rings.